The summed E-state index contributed by atoms with van der Waals surface area (Å²) < 4.78 is 28.3. The summed E-state index contributed by atoms with van der Waals surface area (Å²) in [5.41, 5.74) is 1.83. The van der Waals surface area contributed by atoms with E-state index in [1.807, 2.05) is 36.1 Å². The van der Waals surface area contributed by atoms with Crippen LogP contribution in [0.15, 0.2) is 40.6 Å². The highest BCUT2D eigenvalue weighted by molar-refractivity contribution is 7.94. The van der Waals surface area contributed by atoms with Crippen molar-refractivity contribution in [3.63, 3.8) is 0 Å². The summed E-state index contributed by atoms with van der Waals surface area (Å²) in [6, 6.07) is 11.0. The van der Waals surface area contributed by atoms with Gasteiger partial charge in [-0.3, -0.25) is 9.10 Å². The van der Waals surface area contributed by atoms with Gasteiger partial charge in [-0.2, -0.15) is 0 Å². The molecule has 0 radical (unpaired) electrons. The van der Waals surface area contributed by atoms with Gasteiger partial charge in [0.2, 0.25) is 5.91 Å². The van der Waals surface area contributed by atoms with Crippen molar-refractivity contribution >= 4 is 33.0 Å². The first kappa shape index (κ1) is 18.5. The van der Waals surface area contributed by atoms with E-state index in [9.17, 15) is 13.2 Å². The molecule has 2 aromatic rings. The van der Waals surface area contributed by atoms with Gasteiger partial charge in [0, 0.05) is 24.0 Å². The van der Waals surface area contributed by atoms with Gasteiger partial charge in [0.15, 0.2) is 0 Å². The number of amides is 1. The fourth-order valence-electron chi connectivity index (χ4n) is 4.00. The molecule has 0 aliphatic carbocycles. The van der Waals surface area contributed by atoms with Crippen LogP contribution in [-0.4, -0.2) is 38.4 Å². The summed E-state index contributed by atoms with van der Waals surface area (Å²) in [6.07, 6.45) is 4.30. The Bertz CT molecular complexity index is 946. The maximum Gasteiger partial charge on any atom is 0.274 e. The lowest BCUT2D eigenvalue weighted by atomic mass is 10.1. The molecule has 0 saturated carbocycles. The van der Waals surface area contributed by atoms with E-state index in [1.54, 1.807) is 12.1 Å². The third kappa shape index (κ3) is 3.50. The summed E-state index contributed by atoms with van der Waals surface area (Å²) in [4.78, 5) is 15.2. The minimum atomic E-state index is -3.61. The number of para-hydroxylation sites is 1. The fourth-order valence-corrected chi connectivity index (χ4v) is 7.13. The maximum absolute atomic E-state index is 13.2. The molecule has 0 N–H and O–H groups in total. The molecule has 144 valence electrons. The normalized spacial score (nSPS) is 20.0. The fraction of sp³-hybridized carbons (Fsp3) is 0.450. The number of nitrogens with zero attached hydrogens (tertiary/aromatic N) is 2. The van der Waals surface area contributed by atoms with E-state index in [1.165, 1.54) is 22.1 Å². The SMILES string of the molecule is C[C@H]1Cc2ccccc2N1S(=O)(=O)c1ccc(CC(=O)N2CCCCC2)s1. The highest BCUT2D eigenvalue weighted by Crippen LogP contribution is 2.38. The minimum Gasteiger partial charge on any atom is -0.342 e. The second-order valence-electron chi connectivity index (χ2n) is 7.32. The molecule has 1 atom stereocenters. The second-order valence-corrected chi connectivity index (χ2v) is 10.5. The molecule has 1 aromatic carbocycles. The number of hydrogen-bond acceptors (Lipinski definition) is 4. The monoisotopic (exact) mass is 404 g/mol. The number of fused-ring (bicyclic) bond motifs is 1. The van der Waals surface area contributed by atoms with Crippen LogP contribution in [0.25, 0.3) is 0 Å². The number of carbonyl (C=O) groups is 1. The van der Waals surface area contributed by atoms with Gasteiger partial charge in [-0.05, 0) is 56.4 Å². The minimum absolute atomic E-state index is 0.0976. The standard InChI is InChI=1S/C20H24N2O3S2/c1-15-13-16-7-3-4-8-18(16)22(15)27(24,25)20-10-9-17(26-20)14-19(23)21-11-5-2-6-12-21/h3-4,7-10,15H,2,5-6,11-14H2,1H3/t15-/m0/s1. The van der Waals surface area contributed by atoms with Crippen molar-refractivity contribution in [1.29, 1.82) is 0 Å². The molecule has 1 aromatic heterocycles. The quantitative estimate of drug-likeness (QED) is 0.784. The van der Waals surface area contributed by atoms with Crippen LogP contribution in [0.1, 0.15) is 36.6 Å². The van der Waals surface area contributed by atoms with E-state index in [0.29, 0.717) is 4.21 Å². The Balaban J connectivity index is 1.55. The van der Waals surface area contributed by atoms with E-state index in [2.05, 4.69) is 0 Å². The molecule has 4 rings (SSSR count). The zero-order valence-corrected chi connectivity index (χ0v) is 17.1. The van der Waals surface area contributed by atoms with E-state index in [0.717, 1.165) is 48.5 Å². The van der Waals surface area contributed by atoms with Crippen LogP contribution in [-0.2, 0) is 27.7 Å². The Morgan fingerprint density at radius 1 is 1.11 bits per heavy atom. The number of sulfonamides is 1. The number of likely N-dealkylation sites (tertiary alicyclic amines) is 1. The van der Waals surface area contributed by atoms with Gasteiger partial charge in [0.25, 0.3) is 10.0 Å². The summed E-state index contributed by atoms with van der Waals surface area (Å²) in [7, 11) is -3.61. The first-order valence-corrected chi connectivity index (χ1v) is 11.7. The zero-order chi connectivity index (χ0) is 19.0. The summed E-state index contributed by atoms with van der Waals surface area (Å²) >= 11 is 1.22. The number of rotatable bonds is 4. The maximum atomic E-state index is 13.2. The number of thiophene rings is 1. The average molecular weight is 405 g/mol. The van der Waals surface area contributed by atoms with Crippen molar-refractivity contribution in [2.75, 3.05) is 17.4 Å². The molecule has 0 spiro atoms. The summed E-state index contributed by atoms with van der Waals surface area (Å²) in [6.45, 7) is 3.57. The number of anilines is 1. The van der Waals surface area contributed by atoms with Crippen molar-refractivity contribution in [3.05, 3.63) is 46.8 Å². The third-order valence-corrected chi connectivity index (χ3v) is 8.81. The third-order valence-electron chi connectivity index (χ3n) is 5.33. The van der Waals surface area contributed by atoms with Gasteiger partial charge in [-0.1, -0.05) is 18.2 Å². The lowest BCUT2D eigenvalue weighted by Gasteiger charge is -2.26. The lowest BCUT2D eigenvalue weighted by molar-refractivity contribution is -0.131. The average Bonchev–Trinajstić information content (AvgIpc) is 3.26. The van der Waals surface area contributed by atoms with Gasteiger partial charge < -0.3 is 4.90 Å². The number of carbonyl (C=O) groups excluding carboxylic acids is 1. The predicted octanol–water partition coefficient (Wildman–Crippen LogP) is 3.44. The van der Waals surface area contributed by atoms with E-state index in [-0.39, 0.29) is 18.4 Å². The zero-order valence-electron chi connectivity index (χ0n) is 15.4. The highest BCUT2D eigenvalue weighted by Gasteiger charge is 2.36. The first-order chi connectivity index (χ1) is 13.0. The molecular weight excluding hydrogens is 380 g/mol. The van der Waals surface area contributed by atoms with Crippen LogP contribution >= 0.6 is 11.3 Å². The molecule has 1 fully saturated rings. The van der Waals surface area contributed by atoms with Crippen molar-refractivity contribution in [2.24, 2.45) is 0 Å². The van der Waals surface area contributed by atoms with Crippen molar-refractivity contribution < 1.29 is 13.2 Å². The van der Waals surface area contributed by atoms with Gasteiger partial charge in [0.1, 0.15) is 4.21 Å². The van der Waals surface area contributed by atoms with Crippen LogP contribution in [0.4, 0.5) is 5.69 Å². The molecule has 5 nitrogen and oxygen atoms in total. The van der Waals surface area contributed by atoms with Crippen LogP contribution < -0.4 is 4.31 Å². The van der Waals surface area contributed by atoms with Crippen molar-refractivity contribution in [2.45, 2.75) is 49.3 Å². The topological polar surface area (TPSA) is 57.7 Å². The van der Waals surface area contributed by atoms with E-state index >= 15 is 0 Å². The molecule has 1 saturated heterocycles. The summed E-state index contributed by atoms with van der Waals surface area (Å²) in [5, 5.41) is 0. The molecule has 2 aliphatic heterocycles. The Labute approximate surface area is 164 Å². The smallest absolute Gasteiger partial charge is 0.274 e. The predicted molar refractivity (Wildman–Crippen MR) is 108 cm³/mol. The molecule has 3 heterocycles. The van der Waals surface area contributed by atoms with Crippen LogP contribution in [0.5, 0.6) is 0 Å². The van der Waals surface area contributed by atoms with Gasteiger partial charge in [0.05, 0.1) is 12.1 Å². The van der Waals surface area contributed by atoms with Gasteiger partial charge >= 0.3 is 0 Å². The highest BCUT2D eigenvalue weighted by atomic mass is 32.2. The Hall–Kier alpha value is -1.86. The number of hydrogen-bond donors (Lipinski definition) is 0. The number of piperidine rings is 1. The largest absolute Gasteiger partial charge is 0.342 e. The lowest BCUT2D eigenvalue weighted by Crippen LogP contribution is -2.36. The Kier molecular flexibility index (Phi) is 4.99. The van der Waals surface area contributed by atoms with E-state index in [4.69, 9.17) is 0 Å². The van der Waals surface area contributed by atoms with Crippen molar-refractivity contribution in [1.82, 2.24) is 4.90 Å². The Morgan fingerprint density at radius 3 is 2.63 bits per heavy atom. The molecule has 27 heavy (non-hydrogen) atoms. The molecule has 7 heteroatoms. The van der Waals surface area contributed by atoms with Gasteiger partial charge in [-0.15, -0.1) is 11.3 Å². The molecule has 0 bridgehead atoms. The van der Waals surface area contributed by atoms with Gasteiger partial charge in [-0.25, -0.2) is 8.42 Å². The van der Waals surface area contributed by atoms with Crippen LogP contribution in [0, 0.1) is 0 Å². The molecule has 2 aliphatic rings. The van der Waals surface area contributed by atoms with Crippen LogP contribution in [0.2, 0.25) is 0 Å². The number of benzene rings is 1. The molecular formula is C20H24N2O3S2. The summed E-state index contributed by atoms with van der Waals surface area (Å²) in [5.74, 6) is 0.0976. The van der Waals surface area contributed by atoms with Crippen molar-refractivity contribution in [3.8, 4) is 0 Å². The first-order valence-electron chi connectivity index (χ1n) is 9.45. The Morgan fingerprint density at radius 2 is 1.85 bits per heavy atom. The second kappa shape index (κ2) is 7.28. The molecule has 0 unspecified atom stereocenters. The molecule has 1 amide bonds. The van der Waals surface area contributed by atoms with E-state index < -0.39 is 10.0 Å². The van der Waals surface area contributed by atoms with Crippen LogP contribution in [0.3, 0.4) is 0 Å².